The van der Waals surface area contributed by atoms with Gasteiger partial charge in [0.25, 0.3) is 0 Å². The minimum absolute atomic E-state index is 0.500. The number of piperidine rings is 1. The molecule has 11 aliphatic heterocycles. The van der Waals surface area contributed by atoms with Crippen molar-refractivity contribution in [3.63, 3.8) is 0 Å². The third-order valence-corrected chi connectivity index (χ3v) is 11.7. The number of hydrogen-bond acceptors (Lipinski definition) is 16. The highest BCUT2D eigenvalue weighted by atomic mass is 32.2. The molecule has 16 heteroatoms. The zero-order valence-corrected chi connectivity index (χ0v) is 83.7. The van der Waals surface area contributed by atoms with Gasteiger partial charge in [0.2, 0.25) is 0 Å². The van der Waals surface area contributed by atoms with Gasteiger partial charge in [0, 0.05) is 52.6 Å². The van der Waals surface area contributed by atoms with Crippen molar-refractivity contribution >= 4 is 23.5 Å². The van der Waals surface area contributed by atoms with Gasteiger partial charge in [0.1, 0.15) is 6.79 Å². The van der Waals surface area contributed by atoms with Gasteiger partial charge in [-0.15, -0.1) is 0 Å². The van der Waals surface area contributed by atoms with Crippen LogP contribution in [-0.4, -0.2) is 181 Å². The fraction of sp³-hybridized carbons (Fsp3) is 1.00. The average Bonchev–Trinajstić information content (AvgIpc) is 4.74. The number of morpholine rings is 1. The SMILES string of the molecule is C1CCNC1.C1CCNCC1.C1CCOC1.C1CCOCC1.C1CCSC1.C1CCSCC1.C1CNOC1.C1COCCN1.C1COCCO1.C1COCN1.C1COCO1.CC.CC.CC.CC.CC.CC.CC.CC.CC.CC.CC.CC.CC.CC.CC.CC.CC.CC.CC.CC.CC.CC. The van der Waals surface area contributed by atoms with Crippen molar-refractivity contribution < 1.29 is 42.7 Å². The number of thioether (sulfide) groups is 2. The van der Waals surface area contributed by atoms with E-state index in [9.17, 15) is 0 Å². The molecule has 11 heterocycles. The molecular weight excluding hydrogens is 1340 g/mol. The van der Waals surface area contributed by atoms with Crippen molar-refractivity contribution in [2.24, 2.45) is 0 Å². The molecule has 0 saturated carbocycles. The van der Waals surface area contributed by atoms with Gasteiger partial charge in [-0.05, 0) is 139 Å². The van der Waals surface area contributed by atoms with E-state index >= 15 is 0 Å². The van der Waals surface area contributed by atoms with Crippen LogP contribution in [0.2, 0.25) is 0 Å². The second-order valence-electron chi connectivity index (χ2n) is 14.9. The van der Waals surface area contributed by atoms with E-state index in [1.807, 2.05) is 305 Å². The molecule has 11 fully saturated rings. The van der Waals surface area contributed by atoms with Crippen molar-refractivity contribution in [1.29, 1.82) is 0 Å². The number of rotatable bonds is 0. The van der Waals surface area contributed by atoms with Crippen LogP contribution >= 0.6 is 23.5 Å². The van der Waals surface area contributed by atoms with Crippen LogP contribution < -0.4 is 26.7 Å². The first-order valence-corrected chi connectivity index (χ1v) is 48.3. The topological polar surface area (TPSA) is 143 Å². The summed E-state index contributed by atoms with van der Waals surface area (Å²) in [7, 11) is 0. The molecule has 0 aromatic heterocycles. The van der Waals surface area contributed by atoms with E-state index < -0.39 is 0 Å². The fourth-order valence-corrected chi connectivity index (χ4v) is 7.83. The predicted octanol–water partition coefficient (Wildman–Crippen LogP) is 28.2. The predicted molar refractivity (Wildman–Crippen MR) is 500 cm³/mol. The quantitative estimate of drug-likeness (QED) is 0.157. The lowest BCUT2D eigenvalue weighted by Gasteiger charge is -2.10. The average molecular weight is 1560 g/mol. The number of hydrogen-bond donors (Lipinski definition) is 5. The first-order valence-electron chi connectivity index (χ1n) is 45.9. The maximum atomic E-state index is 5.07. The van der Waals surface area contributed by atoms with Crippen LogP contribution in [0.5, 0.6) is 0 Å². The Balaban J connectivity index is -0.0000000338. The Kier molecular flexibility index (Phi) is 470. The van der Waals surface area contributed by atoms with Crippen LogP contribution in [0.4, 0.5) is 0 Å². The molecule has 14 nitrogen and oxygen atoms in total. The van der Waals surface area contributed by atoms with Gasteiger partial charge < -0.3 is 58.7 Å². The lowest BCUT2D eigenvalue weighted by molar-refractivity contribution is -0.0334. The van der Waals surface area contributed by atoms with Crippen LogP contribution in [0.15, 0.2) is 0 Å². The Bertz CT molecular complexity index is 501. The second kappa shape index (κ2) is 298. The molecule has 0 amide bonds. The summed E-state index contributed by atoms with van der Waals surface area (Å²) in [5.74, 6) is 5.67. The minimum atomic E-state index is 0.500. The maximum absolute atomic E-state index is 5.07. The van der Waals surface area contributed by atoms with Gasteiger partial charge in [0.15, 0.2) is 0 Å². The summed E-state index contributed by atoms with van der Waals surface area (Å²) in [5.41, 5.74) is 2.72. The molecular formula is C88H225N5O9S2. The van der Waals surface area contributed by atoms with Crippen molar-refractivity contribution in [3.8, 4) is 0 Å². The van der Waals surface area contributed by atoms with E-state index in [0.717, 1.165) is 125 Å². The smallest absolute Gasteiger partial charge is 0.146 e. The molecule has 0 radical (unpaired) electrons. The maximum Gasteiger partial charge on any atom is 0.146 e. The Morgan fingerprint density at radius 1 is 0.163 bits per heavy atom. The highest BCUT2D eigenvalue weighted by Crippen LogP contribution is 2.15. The first-order chi connectivity index (χ1) is 52.0. The van der Waals surface area contributed by atoms with E-state index in [-0.39, 0.29) is 0 Å². The van der Waals surface area contributed by atoms with E-state index in [4.69, 9.17) is 42.7 Å². The fourth-order valence-electron chi connectivity index (χ4n) is 5.79. The number of hydroxylamine groups is 1. The monoisotopic (exact) mass is 1560 g/mol. The van der Waals surface area contributed by atoms with E-state index in [1.165, 1.54) is 152 Å². The molecule has 0 bridgehead atoms. The summed E-state index contributed by atoms with van der Waals surface area (Å²) in [5, 5.41) is 12.7. The summed E-state index contributed by atoms with van der Waals surface area (Å²) in [6.45, 7) is 111. The Morgan fingerprint density at radius 3 is 0.490 bits per heavy atom. The molecule has 668 valence electrons. The second-order valence-corrected chi connectivity index (χ2v) is 17.4. The summed E-state index contributed by atoms with van der Waals surface area (Å²) in [6, 6.07) is 0. The lowest BCUT2D eigenvalue weighted by atomic mass is 10.2. The molecule has 11 rings (SSSR count). The van der Waals surface area contributed by atoms with Gasteiger partial charge in [0.05, 0.1) is 72.8 Å². The zero-order chi connectivity index (χ0) is 86.4. The van der Waals surface area contributed by atoms with Crippen LogP contribution in [0.3, 0.4) is 0 Å². The summed E-state index contributed by atoms with van der Waals surface area (Å²) in [6.07, 6.45) is 22.0. The van der Waals surface area contributed by atoms with Gasteiger partial charge in [-0.2, -0.15) is 23.5 Å². The molecule has 11 saturated heterocycles. The lowest BCUT2D eigenvalue weighted by Crippen LogP contribution is -2.30. The van der Waals surface area contributed by atoms with Crippen molar-refractivity contribution in [2.75, 3.05) is 181 Å². The van der Waals surface area contributed by atoms with Gasteiger partial charge in [-0.1, -0.05) is 317 Å². The number of ether oxygens (including phenoxy) is 8. The summed E-state index contributed by atoms with van der Waals surface area (Å²) >= 11 is 4.17. The Morgan fingerprint density at radius 2 is 0.385 bits per heavy atom. The van der Waals surface area contributed by atoms with E-state index in [2.05, 4.69) is 50.3 Å². The molecule has 0 spiro atoms. The Hall–Kier alpha value is 0.140. The van der Waals surface area contributed by atoms with Crippen molar-refractivity contribution in [2.45, 2.75) is 407 Å². The zero-order valence-electron chi connectivity index (χ0n) is 82.1. The molecule has 0 unspecified atom stereocenters. The Labute approximate surface area is 678 Å². The standard InChI is InChI=1S/C5H11N.C5H10O.C5H10S.C4H9NO.C4H9N.C4H8O2.C4H8O.C4H8S.2C3H7NO.C3H6O2.22C2H6/c3*1-2-4-6-5-3-1;1-3-6-4-2-5-1;1-2-4-5-3-1;1-2-6-4-3-5-1;2*1-2-4-5-3-1;1-2-5-3-4-1;1-2-4-5-3-1;1-2-5-3-4-1;22*1-2/h6H,1-5H2;2*1-5H2;5H,1-4H2;5H,1-4H2;1-4H2;2*1-4H2;2*4H,1-3H2;1-3H2;22*1-2H3. The van der Waals surface area contributed by atoms with Crippen LogP contribution in [0.25, 0.3) is 0 Å². The normalized spacial score (nSPS) is 15.1. The highest BCUT2D eigenvalue weighted by molar-refractivity contribution is 7.99. The van der Waals surface area contributed by atoms with E-state index in [0.29, 0.717) is 6.79 Å². The largest absolute Gasteiger partial charge is 0.381 e. The van der Waals surface area contributed by atoms with Gasteiger partial charge >= 0.3 is 0 Å². The van der Waals surface area contributed by atoms with Crippen molar-refractivity contribution in [3.05, 3.63) is 0 Å². The summed E-state index contributed by atoms with van der Waals surface area (Å²) in [4.78, 5) is 4.69. The molecule has 104 heavy (non-hydrogen) atoms. The minimum Gasteiger partial charge on any atom is -0.381 e. The molecule has 11 aliphatic rings. The molecule has 0 aliphatic carbocycles. The van der Waals surface area contributed by atoms with Gasteiger partial charge in [-0.3, -0.25) is 5.32 Å². The van der Waals surface area contributed by atoms with Gasteiger partial charge in [-0.25, -0.2) is 5.48 Å². The molecule has 0 atom stereocenters. The molecule has 0 aromatic rings. The highest BCUT2D eigenvalue weighted by Gasteiger charge is 1.99. The van der Waals surface area contributed by atoms with Crippen LogP contribution in [-0.2, 0) is 42.7 Å². The molecule has 0 aromatic carbocycles. The van der Waals surface area contributed by atoms with E-state index in [1.54, 1.807) is 0 Å². The van der Waals surface area contributed by atoms with Crippen LogP contribution in [0.1, 0.15) is 407 Å². The van der Waals surface area contributed by atoms with Crippen LogP contribution in [0, 0.1) is 0 Å². The third kappa shape index (κ3) is 289. The third-order valence-electron chi connectivity index (χ3n) is 9.36. The van der Waals surface area contributed by atoms with Crippen molar-refractivity contribution in [1.82, 2.24) is 26.7 Å². The summed E-state index contributed by atoms with van der Waals surface area (Å²) < 4.78 is 39.2. The number of nitrogens with one attached hydrogen (secondary N) is 5. The molecule has 5 N–H and O–H groups in total. The first kappa shape index (κ1) is 164.